The molecule has 2 aromatic rings. The lowest BCUT2D eigenvalue weighted by Gasteiger charge is -2.29. The third-order valence-corrected chi connectivity index (χ3v) is 3.42. The van der Waals surface area contributed by atoms with Gasteiger partial charge in [-0.25, -0.2) is 0 Å². The Hall–Kier alpha value is -1.65. The van der Waals surface area contributed by atoms with Crippen LogP contribution in [-0.4, -0.2) is 36.5 Å². The Kier molecular flexibility index (Phi) is 3.62. The summed E-state index contributed by atoms with van der Waals surface area (Å²) in [5, 5.41) is 8.67. The fourth-order valence-corrected chi connectivity index (χ4v) is 2.35. The van der Waals surface area contributed by atoms with Crippen LogP contribution in [0.25, 0.3) is 11.3 Å². The third-order valence-electron chi connectivity index (χ3n) is 3.15. The number of aromatic nitrogens is 2. The van der Waals surface area contributed by atoms with Gasteiger partial charge in [0.2, 0.25) is 0 Å². The molecule has 1 aliphatic rings. The zero-order valence-electron chi connectivity index (χ0n) is 10.4. The molecule has 4 nitrogen and oxygen atoms in total. The Labute approximate surface area is 117 Å². The highest BCUT2D eigenvalue weighted by atomic mass is 35.5. The van der Waals surface area contributed by atoms with E-state index in [-0.39, 0.29) is 0 Å². The summed E-state index contributed by atoms with van der Waals surface area (Å²) in [6.45, 7) is 3.11. The number of halogens is 1. The molecule has 3 rings (SSSR count). The molecule has 1 saturated heterocycles. The van der Waals surface area contributed by atoms with Crippen molar-refractivity contribution in [1.82, 2.24) is 10.2 Å². The first-order valence-electron chi connectivity index (χ1n) is 6.26. The summed E-state index contributed by atoms with van der Waals surface area (Å²) in [5.74, 6) is 0. The van der Waals surface area contributed by atoms with E-state index < -0.39 is 0 Å². The van der Waals surface area contributed by atoms with Crippen LogP contribution in [0.4, 0.5) is 5.69 Å². The van der Waals surface area contributed by atoms with Crippen LogP contribution in [0, 0.1) is 0 Å². The Morgan fingerprint density at radius 3 is 2.53 bits per heavy atom. The van der Waals surface area contributed by atoms with Crippen molar-refractivity contribution in [2.45, 2.75) is 0 Å². The molecule has 0 atom stereocenters. The van der Waals surface area contributed by atoms with Gasteiger partial charge in [-0.05, 0) is 6.07 Å². The molecular weight excluding hydrogens is 262 g/mol. The normalized spacial score (nSPS) is 15.5. The number of benzene rings is 1. The molecule has 1 fully saturated rings. The van der Waals surface area contributed by atoms with Gasteiger partial charge in [0.25, 0.3) is 0 Å². The average Bonchev–Trinajstić information content (AvgIpc) is 2.49. The second kappa shape index (κ2) is 5.55. The average molecular weight is 276 g/mol. The number of hydrogen-bond acceptors (Lipinski definition) is 4. The highest BCUT2D eigenvalue weighted by Gasteiger charge is 2.16. The van der Waals surface area contributed by atoms with E-state index in [1.807, 2.05) is 36.4 Å². The quantitative estimate of drug-likeness (QED) is 0.844. The van der Waals surface area contributed by atoms with Gasteiger partial charge in [0.1, 0.15) is 0 Å². The Morgan fingerprint density at radius 2 is 1.79 bits per heavy atom. The topological polar surface area (TPSA) is 38.2 Å². The number of rotatable bonds is 2. The summed E-state index contributed by atoms with van der Waals surface area (Å²) in [6, 6.07) is 12.0. The molecule has 1 aromatic heterocycles. The van der Waals surface area contributed by atoms with Gasteiger partial charge in [0.05, 0.1) is 24.6 Å². The molecule has 1 aliphatic heterocycles. The van der Waals surface area contributed by atoms with E-state index in [0.29, 0.717) is 5.15 Å². The molecule has 98 valence electrons. The first-order valence-corrected chi connectivity index (χ1v) is 6.64. The van der Waals surface area contributed by atoms with E-state index in [9.17, 15) is 0 Å². The van der Waals surface area contributed by atoms with Gasteiger partial charge in [-0.3, -0.25) is 0 Å². The lowest BCUT2D eigenvalue weighted by atomic mass is 10.1. The summed E-state index contributed by atoms with van der Waals surface area (Å²) in [5.41, 5.74) is 2.81. The van der Waals surface area contributed by atoms with Gasteiger partial charge in [-0.1, -0.05) is 41.9 Å². The summed E-state index contributed by atoms with van der Waals surface area (Å²) in [4.78, 5) is 2.19. The van der Waals surface area contributed by atoms with E-state index in [2.05, 4.69) is 15.1 Å². The molecule has 1 aromatic carbocycles. The Bertz CT molecular complexity index is 556. The van der Waals surface area contributed by atoms with Gasteiger partial charge in [-0.15, -0.1) is 10.2 Å². The first-order chi connectivity index (χ1) is 9.34. The molecule has 0 saturated carbocycles. The van der Waals surface area contributed by atoms with Gasteiger partial charge >= 0.3 is 0 Å². The number of nitrogens with zero attached hydrogens (tertiary/aromatic N) is 3. The molecular formula is C14H14ClN3O. The smallest absolute Gasteiger partial charge is 0.175 e. The summed E-state index contributed by atoms with van der Waals surface area (Å²) >= 11 is 6.16. The van der Waals surface area contributed by atoms with Crippen molar-refractivity contribution < 1.29 is 4.74 Å². The maximum Gasteiger partial charge on any atom is 0.175 e. The van der Waals surface area contributed by atoms with Crippen LogP contribution in [0.15, 0.2) is 36.4 Å². The third kappa shape index (κ3) is 2.69. The number of ether oxygens (including phenoxy) is 1. The van der Waals surface area contributed by atoms with Crippen molar-refractivity contribution in [3.63, 3.8) is 0 Å². The van der Waals surface area contributed by atoms with Crippen LogP contribution in [-0.2, 0) is 4.74 Å². The Balaban J connectivity index is 1.96. The second-order valence-electron chi connectivity index (χ2n) is 4.37. The molecule has 0 spiro atoms. The molecule has 0 amide bonds. The van der Waals surface area contributed by atoms with Gasteiger partial charge in [-0.2, -0.15) is 0 Å². The molecule has 0 aliphatic carbocycles. The number of morpholine rings is 1. The Morgan fingerprint density at radius 1 is 1.05 bits per heavy atom. The highest BCUT2D eigenvalue weighted by Crippen LogP contribution is 2.28. The highest BCUT2D eigenvalue weighted by molar-refractivity contribution is 6.32. The summed E-state index contributed by atoms with van der Waals surface area (Å²) in [6.07, 6.45) is 0. The second-order valence-corrected chi connectivity index (χ2v) is 4.73. The van der Waals surface area contributed by atoms with Crippen molar-refractivity contribution in [1.29, 1.82) is 0 Å². The van der Waals surface area contributed by atoms with Crippen LogP contribution < -0.4 is 4.90 Å². The maximum absolute atomic E-state index is 6.16. The van der Waals surface area contributed by atoms with E-state index in [4.69, 9.17) is 16.3 Å². The summed E-state index contributed by atoms with van der Waals surface area (Å²) < 4.78 is 5.36. The van der Waals surface area contributed by atoms with Crippen LogP contribution >= 0.6 is 11.6 Å². The molecule has 0 radical (unpaired) electrons. The molecule has 5 heteroatoms. The first kappa shape index (κ1) is 12.4. The molecule has 19 heavy (non-hydrogen) atoms. The van der Waals surface area contributed by atoms with Gasteiger partial charge in [0.15, 0.2) is 5.15 Å². The van der Waals surface area contributed by atoms with Crippen LogP contribution in [0.1, 0.15) is 0 Å². The maximum atomic E-state index is 6.16. The lowest BCUT2D eigenvalue weighted by Crippen LogP contribution is -2.36. The molecule has 0 unspecified atom stereocenters. The zero-order valence-corrected chi connectivity index (χ0v) is 11.2. The van der Waals surface area contributed by atoms with E-state index in [1.54, 1.807) is 0 Å². The minimum Gasteiger partial charge on any atom is -0.378 e. The standard InChI is InChI=1S/C14H14ClN3O/c15-14-13(18-6-8-19-9-7-18)10-12(16-17-14)11-4-2-1-3-5-11/h1-5,10H,6-9H2. The van der Waals surface area contributed by atoms with Gasteiger partial charge in [0, 0.05) is 18.7 Å². The largest absolute Gasteiger partial charge is 0.378 e. The molecule has 2 heterocycles. The minimum atomic E-state index is 0.446. The zero-order chi connectivity index (χ0) is 13.1. The van der Waals surface area contributed by atoms with Crippen molar-refractivity contribution in [2.24, 2.45) is 0 Å². The van der Waals surface area contributed by atoms with Crippen molar-refractivity contribution in [3.05, 3.63) is 41.6 Å². The minimum absolute atomic E-state index is 0.446. The van der Waals surface area contributed by atoms with Crippen molar-refractivity contribution in [2.75, 3.05) is 31.2 Å². The van der Waals surface area contributed by atoms with Crippen LogP contribution in [0.2, 0.25) is 5.15 Å². The summed E-state index contributed by atoms with van der Waals surface area (Å²) in [7, 11) is 0. The molecule has 0 N–H and O–H groups in total. The number of hydrogen-bond donors (Lipinski definition) is 0. The predicted octanol–water partition coefficient (Wildman–Crippen LogP) is 2.63. The van der Waals surface area contributed by atoms with Crippen LogP contribution in [0.5, 0.6) is 0 Å². The van der Waals surface area contributed by atoms with Crippen molar-refractivity contribution in [3.8, 4) is 11.3 Å². The number of anilines is 1. The fourth-order valence-electron chi connectivity index (χ4n) is 2.14. The monoisotopic (exact) mass is 275 g/mol. The van der Waals surface area contributed by atoms with E-state index >= 15 is 0 Å². The van der Waals surface area contributed by atoms with Crippen LogP contribution in [0.3, 0.4) is 0 Å². The van der Waals surface area contributed by atoms with Gasteiger partial charge < -0.3 is 9.64 Å². The SMILES string of the molecule is Clc1nnc(-c2ccccc2)cc1N1CCOCC1. The van der Waals surface area contributed by atoms with E-state index in [0.717, 1.165) is 43.2 Å². The predicted molar refractivity (Wildman–Crippen MR) is 75.5 cm³/mol. The fraction of sp³-hybridized carbons (Fsp3) is 0.286. The lowest BCUT2D eigenvalue weighted by molar-refractivity contribution is 0.122. The van der Waals surface area contributed by atoms with Crippen molar-refractivity contribution >= 4 is 17.3 Å². The van der Waals surface area contributed by atoms with E-state index in [1.165, 1.54) is 0 Å². The molecule has 0 bridgehead atoms.